The van der Waals surface area contributed by atoms with Crippen molar-refractivity contribution >= 4 is 28.5 Å². The molecule has 3 amide bonds. The summed E-state index contributed by atoms with van der Waals surface area (Å²) in [5.74, 6) is -0.555. The molecule has 1 unspecified atom stereocenters. The predicted octanol–water partition coefficient (Wildman–Crippen LogP) is 4.66. The fraction of sp³-hybridized carbons (Fsp3) is 0.462. The smallest absolute Gasteiger partial charge is 0.246 e. The Balaban J connectivity index is 1.42. The van der Waals surface area contributed by atoms with Crippen molar-refractivity contribution < 1.29 is 14.4 Å². The van der Waals surface area contributed by atoms with Gasteiger partial charge in [0.05, 0.1) is 0 Å². The molecule has 2 aliphatic rings. The minimum absolute atomic E-state index is 0.0472. The zero-order chi connectivity index (χ0) is 33.6. The van der Waals surface area contributed by atoms with Crippen LogP contribution in [0.4, 0.5) is 0 Å². The lowest BCUT2D eigenvalue weighted by Crippen LogP contribution is -2.57. The number of benzene rings is 3. The molecule has 0 aromatic heterocycles. The molecule has 2 fully saturated rings. The quantitative estimate of drug-likeness (QED) is 0.292. The Kier molecular flexibility index (Phi) is 11.1. The Morgan fingerprint density at radius 1 is 0.830 bits per heavy atom. The van der Waals surface area contributed by atoms with Crippen LogP contribution in [0.25, 0.3) is 10.8 Å². The minimum Gasteiger partial charge on any atom is -0.341 e. The van der Waals surface area contributed by atoms with Crippen LogP contribution in [0.3, 0.4) is 0 Å². The molecule has 0 radical (unpaired) electrons. The molecule has 250 valence electrons. The van der Waals surface area contributed by atoms with Crippen molar-refractivity contribution in [3.63, 3.8) is 0 Å². The third-order valence-electron chi connectivity index (χ3n) is 10.4. The number of amides is 3. The molecule has 3 aromatic rings. The zero-order valence-corrected chi connectivity index (χ0v) is 28.5. The standard InChI is InChI=1S/C39H51N5O3/c1-41(2)33-19-24-44(25-20-33)38(47)35(27-29-12-6-5-7-13-29)43(4)37(46)34(28-30-17-18-31-14-8-9-15-32(31)26-30)42(3)36(45)16-10-21-39(40)22-11-23-39/h5-10,12-18,26,33-35H,11,19-25,27-28,40H2,1-4H3/b16-10+/t34-,35?/m0/s1. The summed E-state index contributed by atoms with van der Waals surface area (Å²) in [5.41, 5.74) is 8.09. The SMILES string of the molecule is CN(C)C1CCN(C(=O)C(Cc2ccccc2)N(C)C(=O)[C@H](Cc2ccc3ccccc3c2)N(C)C(=O)/C=C/CC2(N)CCC2)CC1. The molecule has 5 rings (SSSR count). The Hall–Kier alpha value is -4.01. The Morgan fingerprint density at radius 2 is 1.47 bits per heavy atom. The molecule has 0 bridgehead atoms. The Morgan fingerprint density at radius 3 is 2.11 bits per heavy atom. The average Bonchev–Trinajstić information content (AvgIpc) is 3.08. The molecule has 47 heavy (non-hydrogen) atoms. The van der Waals surface area contributed by atoms with E-state index in [9.17, 15) is 14.4 Å². The van der Waals surface area contributed by atoms with Gasteiger partial charge >= 0.3 is 0 Å². The summed E-state index contributed by atoms with van der Waals surface area (Å²) in [4.78, 5) is 49.7. The summed E-state index contributed by atoms with van der Waals surface area (Å²) in [6.07, 6.45) is 9.57. The monoisotopic (exact) mass is 637 g/mol. The number of hydrogen-bond acceptors (Lipinski definition) is 5. The van der Waals surface area contributed by atoms with E-state index < -0.39 is 12.1 Å². The molecule has 1 aliphatic heterocycles. The van der Waals surface area contributed by atoms with Crippen LogP contribution < -0.4 is 5.73 Å². The van der Waals surface area contributed by atoms with Gasteiger partial charge in [-0.1, -0.05) is 78.9 Å². The van der Waals surface area contributed by atoms with E-state index in [4.69, 9.17) is 5.73 Å². The normalized spacial score (nSPS) is 17.8. The fourth-order valence-corrected chi connectivity index (χ4v) is 6.91. The highest BCUT2D eigenvalue weighted by Crippen LogP contribution is 2.32. The van der Waals surface area contributed by atoms with Crippen molar-refractivity contribution in [3.8, 4) is 0 Å². The van der Waals surface area contributed by atoms with Crippen molar-refractivity contribution in [3.05, 3.63) is 96.1 Å². The van der Waals surface area contributed by atoms with Gasteiger partial charge in [-0.25, -0.2) is 0 Å². The summed E-state index contributed by atoms with van der Waals surface area (Å²) in [6, 6.07) is 23.1. The number of rotatable bonds is 12. The van der Waals surface area contributed by atoms with Crippen LogP contribution >= 0.6 is 0 Å². The van der Waals surface area contributed by atoms with Gasteiger partial charge in [0, 0.05) is 51.6 Å². The Labute approximate surface area is 280 Å². The number of carbonyl (C=O) groups is 3. The van der Waals surface area contributed by atoms with Crippen LogP contribution in [0, 0.1) is 0 Å². The predicted molar refractivity (Wildman–Crippen MR) is 189 cm³/mol. The molecule has 1 saturated carbocycles. The van der Waals surface area contributed by atoms with Crippen LogP contribution in [0.1, 0.15) is 49.7 Å². The van der Waals surface area contributed by atoms with Crippen molar-refractivity contribution in [1.29, 1.82) is 0 Å². The number of fused-ring (bicyclic) bond motifs is 1. The topological polar surface area (TPSA) is 90.2 Å². The number of carbonyl (C=O) groups excluding carboxylic acids is 3. The van der Waals surface area contributed by atoms with E-state index in [-0.39, 0.29) is 23.3 Å². The van der Waals surface area contributed by atoms with Gasteiger partial charge in [0.15, 0.2) is 0 Å². The molecule has 2 atom stereocenters. The molecule has 3 aromatic carbocycles. The van der Waals surface area contributed by atoms with Gasteiger partial charge in [-0.15, -0.1) is 0 Å². The van der Waals surface area contributed by atoms with E-state index in [0.29, 0.717) is 38.4 Å². The largest absolute Gasteiger partial charge is 0.341 e. The summed E-state index contributed by atoms with van der Waals surface area (Å²) >= 11 is 0. The lowest BCUT2D eigenvalue weighted by atomic mass is 9.75. The van der Waals surface area contributed by atoms with E-state index in [1.54, 1.807) is 25.1 Å². The zero-order valence-electron chi connectivity index (χ0n) is 28.5. The summed E-state index contributed by atoms with van der Waals surface area (Å²) in [6.45, 7) is 1.31. The average molecular weight is 638 g/mol. The van der Waals surface area contributed by atoms with Gasteiger partial charge in [-0.3, -0.25) is 14.4 Å². The molecule has 1 saturated heterocycles. The van der Waals surface area contributed by atoms with E-state index >= 15 is 0 Å². The Bertz CT molecular complexity index is 1560. The van der Waals surface area contributed by atoms with Gasteiger partial charge in [0.2, 0.25) is 17.7 Å². The maximum absolute atomic E-state index is 14.6. The highest BCUT2D eigenvalue weighted by molar-refractivity contribution is 5.95. The number of nitrogens with zero attached hydrogens (tertiary/aromatic N) is 4. The van der Waals surface area contributed by atoms with Gasteiger partial charge in [0.25, 0.3) is 0 Å². The van der Waals surface area contributed by atoms with Crippen molar-refractivity contribution in [2.24, 2.45) is 5.73 Å². The molecule has 8 heteroatoms. The second-order valence-corrected chi connectivity index (χ2v) is 13.8. The molecule has 2 N–H and O–H groups in total. The van der Waals surface area contributed by atoms with Crippen LogP contribution in [-0.4, -0.2) is 102 Å². The maximum Gasteiger partial charge on any atom is 0.246 e. The van der Waals surface area contributed by atoms with Gasteiger partial charge in [-0.2, -0.15) is 0 Å². The van der Waals surface area contributed by atoms with Gasteiger partial charge in [0.1, 0.15) is 12.1 Å². The second kappa shape index (κ2) is 15.3. The molecule has 0 spiro atoms. The number of likely N-dealkylation sites (N-methyl/N-ethyl adjacent to an activating group) is 2. The van der Waals surface area contributed by atoms with E-state index in [2.05, 4.69) is 43.3 Å². The van der Waals surface area contributed by atoms with Crippen molar-refractivity contribution in [2.75, 3.05) is 41.3 Å². The first-order chi connectivity index (χ1) is 22.5. The van der Waals surface area contributed by atoms with E-state index in [1.165, 1.54) is 4.90 Å². The third kappa shape index (κ3) is 8.48. The highest BCUT2D eigenvalue weighted by Gasteiger charge is 2.38. The fourth-order valence-electron chi connectivity index (χ4n) is 6.91. The second-order valence-electron chi connectivity index (χ2n) is 13.8. The van der Waals surface area contributed by atoms with E-state index in [1.807, 2.05) is 59.5 Å². The summed E-state index contributed by atoms with van der Waals surface area (Å²) in [7, 11) is 7.57. The van der Waals surface area contributed by atoms with Crippen LogP contribution in [0.15, 0.2) is 84.9 Å². The number of nitrogens with two attached hydrogens (primary N) is 1. The first-order valence-electron chi connectivity index (χ1n) is 17.0. The lowest BCUT2D eigenvalue weighted by molar-refractivity contribution is -0.149. The number of piperidine rings is 1. The molecule has 1 aliphatic carbocycles. The molecule has 1 heterocycles. The first-order valence-corrected chi connectivity index (χ1v) is 17.0. The third-order valence-corrected chi connectivity index (χ3v) is 10.4. The van der Waals surface area contributed by atoms with Gasteiger partial charge < -0.3 is 25.3 Å². The van der Waals surface area contributed by atoms with Crippen LogP contribution in [0.5, 0.6) is 0 Å². The molecular formula is C39H51N5O3. The van der Waals surface area contributed by atoms with Crippen LogP contribution in [-0.2, 0) is 27.2 Å². The molecule has 8 nitrogen and oxygen atoms in total. The number of likely N-dealkylation sites (tertiary alicyclic amines) is 1. The van der Waals surface area contributed by atoms with Crippen molar-refractivity contribution in [2.45, 2.75) is 75.0 Å². The maximum atomic E-state index is 14.6. The van der Waals surface area contributed by atoms with E-state index in [0.717, 1.165) is 54.0 Å². The van der Waals surface area contributed by atoms with Crippen LogP contribution in [0.2, 0.25) is 0 Å². The van der Waals surface area contributed by atoms with Gasteiger partial charge in [-0.05, 0) is 80.6 Å². The highest BCUT2D eigenvalue weighted by atomic mass is 16.2. The lowest BCUT2D eigenvalue weighted by Gasteiger charge is -2.40. The van der Waals surface area contributed by atoms with Crippen molar-refractivity contribution in [1.82, 2.24) is 19.6 Å². The minimum atomic E-state index is -0.806. The summed E-state index contributed by atoms with van der Waals surface area (Å²) < 4.78 is 0. The summed E-state index contributed by atoms with van der Waals surface area (Å²) in [5, 5.41) is 2.19. The molecular weight excluding hydrogens is 586 g/mol. The number of hydrogen-bond donors (Lipinski definition) is 1. The first kappa shape index (κ1) is 34.3.